The van der Waals surface area contributed by atoms with E-state index in [4.69, 9.17) is 17.3 Å². The molecule has 0 bridgehead atoms. The zero-order valence-corrected chi connectivity index (χ0v) is 19.1. The second kappa shape index (κ2) is 8.35. The minimum atomic E-state index is -1.77. The van der Waals surface area contributed by atoms with Crippen LogP contribution >= 0.6 is 0 Å². The largest absolute Gasteiger partial charge is 0.443 e. The Bertz CT molecular complexity index is 784. The monoisotopic (exact) mass is 401 g/mol. The third-order valence-electron chi connectivity index (χ3n) is 2.69. The number of aromatic nitrogens is 2. The molecule has 1 heterocycles. The Labute approximate surface area is 169 Å². The molecule has 0 N–H and O–H groups in total. The molecule has 7 nitrogen and oxygen atoms in total. The van der Waals surface area contributed by atoms with E-state index in [9.17, 15) is 9.59 Å². The molecule has 0 aliphatic heterocycles. The van der Waals surface area contributed by atoms with Crippen LogP contribution in [0, 0.1) is 11.5 Å². The van der Waals surface area contributed by atoms with Crippen LogP contribution in [0.25, 0.3) is 0 Å². The number of carbonyl (C=O) groups excluding carboxylic acids is 2. The lowest BCUT2D eigenvalue weighted by Gasteiger charge is -2.28. The van der Waals surface area contributed by atoms with Gasteiger partial charge >= 0.3 is 12.2 Å². The highest BCUT2D eigenvalue weighted by Crippen LogP contribution is 2.21. The second-order valence-electron chi connectivity index (χ2n) is 9.26. The average Bonchev–Trinajstić information content (AvgIpc) is 2.42. The summed E-state index contributed by atoms with van der Waals surface area (Å²) in [6, 6.07) is 0. The van der Waals surface area contributed by atoms with Gasteiger partial charge in [-0.1, -0.05) is 25.6 Å². The molecule has 0 saturated heterocycles. The van der Waals surface area contributed by atoms with Crippen LogP contribution in [0.15, 0.2) is 6.20 Å². The van der Waals surface area contributed by atoms with Crippen molar-refractivity contribution in [2.45, 2.75) is 72.4 Å². The fraction of sp³-hybridized carbons (Fsp3) is 0.579. The van der Waals surface area contributed by atoms with Gasteiger partial charge in [-0.2, -0.15) is 4.90 Å². The van der Waals surface area contributed by atoms with E-state index in [1.807, 2.05) is 0 Å². The van der Waals surface area contributed by atoms with Crippen molar-refractivity contribution in [1.29, 1.82) is 0 Å². The van der Waals surface area contributed by atoms with Gasteiger partial charge in [0.2, 0.25) is 0 Å². The van der Waals surface area contributed by atoms with Crippen molar-refractivity contribution in [3.8, 4) is 11.5 Å². The number of carbonyl (C=O) groups is 2. The van der Waals surface area contributed by atoms with Crippen LogP contribution in [-0.2, 0) is 9.47 Å². The quantitative estimate of drug-likeness (QED) is 0.531. The van der Waals surface area contributed by atoms with Crippen LogP contribution in [0.1, 0.15) is 47.2 Å². The van der Waals surface area contributed by atoms with E-state index in [-0.39, 0.29) is 17.1 Å². The van der Waals surface area contributed by atoms with E-state index in [0.29, 0.717) is 4.90 Å². The average molecular weight is 401 g/mol. The van der Waals surface area contributed by atoms with Gasteiger partial charge in [-0.3, -0.25) is 4.98 Å². The summed E-state index contributed by atoms with van der Waals surface area (Å²) in [5.74, 6) is 2.83. The van der Waals surface area contributed by atoms with E-state index in [2.05, 4.69) is 41.1 Å². The predicted molar refractivity (Wildman–Crippen MR) is 113 cm³/mol. The van der Waals surface area contributed by atoms with Gasteiger partial charge in [0.05, 0.1) is 0 Å². The fourth-order valence-corrected chi connectivity index (χ4v) is 2.25. The molecule has 0 fully saturated rings. The summed E-state index contributed by atoms with van der Waals surface area (Å²) in [5.41, 5.74) is 1.71. The fourth-order valence-electron chi connectivity index (χ4n) is 1.75. The third kappa shape index (κ3) is 8.13. The highest BCUT2D eigenvalue weighted by Gasteiger charge is 2.35. The molecule has 0 spiro atoms. The SMILES string of the molecule is [B]c1cnc(N(C(=O)OC(C)(C)C)C(=O)OC(C)(C)C)c(C#C[Si](C)(C)C)n1. The van der Waals surface area contributed by atoms with Crippen molar-refractivity contribution in [2.24, 2.45) is 0 Å². The van der Waals surface area contributed by atoms with Crippen LogP contribution in [0.2, 0.25) is 19.6 Å². The number of amides is 2. The topological polar surface area (TPSA) is 81.6 Å². The van der Waals surface area contributed by atoms with E-state index < -0.39 is 31.5 Å². The summed E-state index contributed by atoms with van der Waals surface area (Å²) < 4.78 is 10.7. The first kappa shape index (κ1) is 23.7. The maximum atomic E-state index is 12.8. The Morgan fingerprint density at radius 2 is 1.50 bits per heavy atom. The van der Waals surface area contributed by atoms with Gasteiger partial charge in [0.25, 0.3) is 0 Å². The smallest absolute Gasteiger partial charge is 0.425 e. The van der Waals surface area contributed by atoms with Gasteiger partial charge in [0, 0.05) is 11.8 Å². The zero-order valence-electron chi connectivity index (χ0n) is 18.1. The molecule has 0 saturated carbocycles. The molecule has 0 atom stereocenters. The summed E-state index contributed by atoms with van der Waals surface area (Å²) in [4.78, 5) is 34.6. The number of ether oxygens (including phenoxy) is 2. The molecule has 0 unspecified atom stereocenters. The summed E-state index contributed by atoms with van der Waals surface area (Å²) in [7, 11) is 3.98. The highest BCUT2D eigenvalue weighted by atomic mass is 28.3. The Morgan fingerprint density at radius 3 is 1.89 bits per heavy atom. The van der Waals surface area contributed by atoms with Crippen molar-refractivity contribution < 1.29 is 19.1 Å². The molecule has 1 aromatic rings. The standard InChI is InChI=1S/C19H28BN3O4Si/c1-18(2,3)26-16(24)23(17(25)27-19(4,5)6)15-13(10-11-28(7,8)9)22-14(20)12-21-15/h12H,1-9H3. The number of hydrogen-bond donors (Lipinski definition) is 0. The minimum absolute atomic E-state index is 0.0801. The van der Waals surface area contributed by atoms with Crippen LogP contribution in [0.4, 0.5) is 15.4 Å². The molecule has 28 heavy (non-hydrogen) atoms. The third-order valence-corrected chi connectivity index (χ3v) is 3.57. The number of imide groups is 1. The van der Waals surface area contributed by atoms with Crippen molar-refractivity contribution in [3.63, 3.8) is 0 Å². The summed E-state index contributed by atoms with van der Waals surface area (Å²) in [6.45, 7) is 16.3. The van der Waals surface area contributed by atoms with Crippen molar-refractivity contribution in [2.75, 3.05) is 4.90 Å². The molecule has 1 rings (SSSR count). The number of nitrogens with zero attached hydrogens (tertiary/aromatic N) is 3. The Balaban J connectivity index is 3.54. The van der Waals surface area contributed by atoms with Crippen LogP contribution in [0.3, 0.4) is 0 Å². The van der Waals surface area contributed by atoms with Crippen LogP contribution in [0.5, 0.6) is 0 Å². The van der Waals surface area contributed by atoms with Crippen molar-refractivity contribution in [3.05, 3.63) is 11.9 Å². The van der Waals surface area contributed by atoms with Gasteiger partial charge in [-0.15, -0.1) is 5.54 Å². The number of hydrogen-bond acceptors (Lipinski definition) is 6. The molecule has 0 aliphatic rings. The van der Waals surface area contributed by atoms with Crippen molar-refractivity contribution >= 4 is 39.5 Å². The molecule has 0 aromatic carbocycles. The molecule has 1 aromatic heterocycles. The number of anilines is 1. The van der Waals surface area contributed by atoms with E-state index in [0.717, 1.165) is 0 Å². The summed E-state index contributed by atoms with van der Waals surface area (Å²) in [6.07, 6.45) is -0.620. The summed E-state index contributed by atoms with van der Waals surface area (Å²) >= 11 is 0. The normalized spacial score (nSPS) is 11.9. The molecule has 9 heteroatoms. The molecule has 0 aliphatic carbocycles. The zero-order chi connectivity index (χ0) is 21.9. The van der Waals surface area contributed by atoms with Gasteiger partial charge < -0.3 is 9.47 Å². The van der Waals surface area contributed by atoms with Gasteiger partial charge in [0.15, 0.2) is 11.5 Å². The molecule has 2 radical (unpaired) electrons. The first-order valence-corrected chi connectivity index (χ1v) is 12.4. The molecular weight excluding hydrogens is 373 g/mol. The van der Waals surface area contributed by atoms with E-state index >= 15 is 0 Å². The first-order chi connectivity index (χ1) is 12.5. The van der Waals surface area contributed by atoms with Gasteiger partial charge in [-0.25, -0.2) is 14.6 Å². The molecule has 150 valence electrons. The summed E-state index contributed by atoms with van der Waals surface area (Å²) in [5, 5.41) is 0. The Morgan fingerprint density at radius 1 is 1.04 bits per heavy atom. The molecular formula is C19H28BN3O4Si. The second-order valence-corrected chi connectivity index (χ2v) is 14.0. The van der Waals surface area contributed by atoms with Gasteiger partial charge in [-0.05, 0) is 41.5 Å². The molecule has 2 amide bonds. The maximum absolute atomic E-state index is 12.8. The lowest BCUT2D eigenvalue weighted by molar-refractivity contribution is 0.0428. The highest BCUT2D eigenvalue weighted by molar-refractivity contribution is 6.83. The maximum Gasteiger partial charge on any atom is 0.425 e. The van der Waals surface area contributed by atoms with Crippen molar-refractivity contribution in [1.82, 2.24) is 9.97 Å². The first-order valence-electron chi connectivity index (χ1n) is 8.90. The predicted octanol–water partition coefficient (Wildman–Crippen LogP) is 3.18. The minimum Gasteiger partial charge on any atom is -0.443 e. The Kier molecular flexibility index (Phi) is 7.07. The Hall–Kier alpha value is -2.34. The van der Waals surface area contributed by atoms with Crippen LogP contribution < -0.4 is 10.5 Å². The van der Waals surface area contributed by atoms with E-state index in [1.54, 1.807) is 41.5 Å². The lowest BCUT2D eigenvalue weighted by Crippen LogP contribution is -2.45. The van der Waals surface area contributed by atoms with Gasteiger partial charge in [0.1, 0.15) is 27.1 Å². The number of rotatable bonds is 1. The lowest BCUT2D eigenvalue weighted by atomic mass is 10.1. The van der Waals surface area contributed by atoms with Crippen LogP contribution in [-0.4, -0.2) is 49.3 Å². The van der Waals surface area contributed by atoms with E-state index in [1.165, 1.54) is 6.20 Å².